The predicted octanol–water partition coefficient (Wildman–Crippen LogP) is 1.82. The second-order valence-electron chi connectivity index (χ2n) is 4.02. The van der Waals surface area contributed by atoms with E-state index in [0.29, 0.717) is 17.3 Å². The van der Waals surface area contributed by atoms with E-state index in [1.165, 1.54) is 6.07 Å². The van der Waals surface area contributed by atoms with Gasteiger partial charge in [-0.25, -0.2) is 4.98 Å². The van der Waals surface area contributed by atoms with Gasteiger partial charge in [-0.2, -0.15) is 5.10 Å². The molecule has 4 N–H and O–H groups in total. The van der Waals surface area contributed by atoms with Gasteiger partial charge in [0.2, 0.25) is 0 Å². The number of aromatic amines is 1. The quantitative estimate of drug-likeness (QED) is 0.477. The van der Waals surface area contributed by atoms with E-state index in [1.54, 1.807) is 24.5 Å². The monoisotopic (exact) mass is 253 g/mol. The summed E-state index contributed by atoms with van der Waals surface area (Å²) in [6.45, 7) is 0. The molecule has 2 aromatic heterocycles. The average molecular weight is 253 g/mol. The molecule has 3 aromatic rings. The van der Waals surface area contributed by atoms with Crippen molar-refractivity contribution < 1.29 is 5.11 Å². The minimum absolute atomic E-state index is 0.0516. The summed E-state index contributed by atoms with van der Waals surface area (Å²) >= 11 is 0. The molecule has 0 aliphatic heterocycles. The van der Waals surface area contributed by atoms with Gasteiger partial charge in [0.25, 0.3) is 0 Å². The molecule has 19 heavy (non-hydrogen) atoms. The third-order valence-corrected chi connectivity index (χ3v) is 2.71. The molecule has 0 bridgehead atoms. The van der Waals surface area contributed by atoms with Gasteiger partial charge in [-0.05, 0) is 30.3 Å². The fraction of sp³-hybridized carbons (Fsp3) is 0. The fourth-order valence-electron chi connectivity index (χ4n) is 1.72. The van der Waals surface area contributed by atoms with Crippen LogP contribution >= 0.6 is 0 Å². The van der Waals surface area contributed by atoms with Gasteiger partial charge in [0.05, 0.1) is 5.69 Å². The van der Waals surface area contributed by atoms with Crippen molar-refractivity contribution in [2.24, 2.45) is 0 Å². The summed E-state index contributed by atoms with van der Waals surface area (Å²) in [7, 11) is 0. The highest BCUT2D eigenvalue weighted by Gasteiger charge is 2.09. The highest BCUT2D eigenvalue weighted by atomic mass is 16.3. The Morgan fingerprint density at radius 2 is 2.05 bits per heavy atom. The Labute approximate surface area is 109 Å². The van der Waals surface area contributed by atoms with E-state index in [0.717, 1.165) is 11.1 Å². The van der Waals surface area contributed by atoms with E-state index in [2.05, 4.69) is 20.2 Å². The van der Waals surface area contributed by atoms with Crippen molar-refractivity contribution in [3.05, 3.63) is 42.7 Å². The minimum atomic E-state index is 0.0516. The van der Waals surface area contributed by atoms with Gasteiger partial charge in [-0.1, -0.05) is 0 Å². The van der Waals surface area contributed by atoms with Crippen LogP contribution in [0.3, 0.4) is 0 Å². The van der Waals surface area contributed by atoms with Crippen molar-refractivity contribution in [3.8, 4) is 28.5 Å². The standard InChI is InChI=1S/C13H11N5O/c14-10-6-8(3-4-11(10)19)12-16-13(18-17-12)9-2-1-5-15-7-9/h1-7,19H,14H2,(H,16,17,18). The zero-order chi connectivity index (χ0) is 13.2. The van der Waals surface area contributed by atoms with Crippen LogP contribution in [-0.2, 0) is 0 Å². The average Bonchev–Trinajstić information content (AvgIpc) is 2.93. The number of phenolic OH excluding ortho intramolecular Hbond substituents is 1. The Kier molecular flexibility index (Phi) is 2.60. The Bertz CT molecular complexity index is 708. The van der Waals surface area contributed by atoms with Crippen LogP contribution in [0.15, 0.2) is 42.7 Å². The van der Waals surface area contributed by atoms with E-state index < -0.39 is 0 Å². The first-order valence-corrected chi connectivity index (χ1v) is 5.66. The molecular weight excluding hydrogens is 242 g/mol. The molecule has 3 rings (SSSR count). The summed E-state index contributed by atoms with van der Waals surface area (Å²) in [6, 6.07) is 8.59. The molecule has 0 aliphatic rings. The zero-order valence-electron chi connectivity index (χ0n) is 9.91. The van der Waals surface area contributed by atoms with Crippen LogP contribution in [0.2, 0.25) is 0 Å². The smallest absolute Gasteiger partial charge is 0.183 e. The number of phenols is 1. The first kappa shape index (κ1) is 11.2. The van der Waals surface area contributed by atoms with Gasteiger partial charge in [0, 0.05) is 23.5 Å². The van der Waals surface area contributed by atoms with E-state index in [9.17, 15) is 5.11 Å². The normalized spacial score (nSPS) is 10.5. The SMILES string of the molecule is Nc1cc(-c2nc(-c3cccnc3)n[nH]2)ccc1O. The number of aromatic nitrogens is 4. The molecule has 0 aliphatic carbocycles. The maximum Gasteiger partial charge on any atom is 0.183 e. The van der Waals surface area contributed by atoms with Crippen molar-refractivity contribution >= 4 is 5.69 Å². The van der Waals surface area contributed by atoms with Crippen LogP contribution < -0.4 is 5.73 Å². The molecule has 94 valence electrons. The number of H-pyrrole nitrogens is 1. The maximum atomic E-state index is 9.39. The lowest BCUT2D eigenvalue weighted by Gasteiger charge is -2.00. The Hall–Kier alpha value is -2.89. The fourth-order valence-corrected chi connectivity index (χ4v) is 1.72. The first-order valence-electron chi connectivity index (χ1n) is 5.66. The molecule has 0 fully saturated rings. The van der Waals surface area contributed by atoms with Crippen molar-refractivity contribution in [1.82, 2.24) is 20.2 Å². The number of anilines is 1. The topological polar surface area (TPSA) is 101 Å². The van der Waals surface area contributed by atoms with Crippen molar-refractivity contribution in [1.29, 1.82) is 0 Å². The second kappa shape index (κ2) is 4.41. The minimum Gasteiger partial charge on any atom is -0.506 e. The number of nitrogens with two attached hydrogens (primary N) is 1. The summed E-state index contributed by atoms with van der Waals surface area (Å²) < 4.78 is 0. The van der Waals surface area contributed by atoms with E-state index in [4.69, 9.17) is 5.73 Å². The number of pyridine rings is 1. The lowest BCUT2D eigenvalue weighted by atomic mass is 10.2. The van der Waals surface area contributed by atoms with Gasteiger partial charge < -0.3 is 10.8 Å². The van der Waals surface area contributed by atoms with E-state index in [-0.39, 0.29) is 5.75 Å². The highest BCUT2D eigenvalue weighted by Crippen LogP contribution is 2.26. The number of aromatic hydroxyl groups is 1. The van der Waals surface area contributed by atoms with Crippen LogP contribution in [0.5, 0.6) is 5.75 Å². The zero-order valence-corrected chi connectivity index (χ0v) is 9.91. The van der Waals surface area contributed by atoms with Crippen molar-refractivity contribution in [2.75, 3.05) is 5.73 Å². The van der Waals surface area contributed by atoms with Crippen LogP contribution in [0.4, 0.5) is 5.69 Å². The second-order valence-corrected chi connectivity index (χ2v) is 4.02. The molecule has 2 heterocycles. The number of nitrogen functional groups attached to an aromatic ring is 1. The molecule has 1 aromatic carbocycles. The number of hydrogen-bond acceptors (Lipinski definition) is 5. The predicted molar refractivity (Wildman–Crippen MR) is 71.1 cm³/mol. The van der Waals surface area contributed by atoms with Gasteiger partial charge >= 0.3 is 0 Å². The van der Waals surface area contributed by atoms with Crippen LogP contribution in [0, 0.1) is 0 Å². The molecule has 0 spiro atoms. The molecule has 0 radical (unpaired) electrons. The molecule has 0 saturated heterocycles. The first-order chi connectivity index (χ1) is 9.24. The largest absolute Gasteiger partial charge is 0.506 e. The van der Waals surface area contributed by atoms with Gasteiger partial charge in [-0.3, -0.25) is 10.1 Å². The molecule has 6 heteroatoms. The van der Waals surface area contributed by atoms with E-state index >= 15 is 0 Å². The third-order valence-electron chi connectivity index (χ3n) is 2.71. The van der Waals surface area contributed by atoms with Gasteiger partial charge in [-0.15, -0.1) is 0 Å². The maximum absolute atomic E-state index is 9.39. The van der Waals surface area contributed by atoms with E-state index in [1.807, 2.05) is 12.1 Å². The summed E-state index contributed by atoms with van der Waals surface area (Å²) in [4.78, 5) is 8.40. The summed E-state index contributed by atoms with van der Waals surface area (Å²) in [5.74, 6) is 1.20. The number of hydrogen-bond donors (Lipinski definition) is 3. The number of rotatable bonds is 2. The number of nitrogens with zero attached hydrogens (tertiary/aromatic N) is 3. The Morgan fingerprint density at radius 1 is 1.16 bits per heavy atom. The molecule has 0 atom stereocenters. The third kappa shape index (κ3) is 2.11. The molecular formula is C13H11N5O. The number of benzene rings is 1. The van der Waals surface area contributed by atoms with Crippen molar-refractivity contribution in [3.63, 3.8) is 0 Å². The number of nitrogens with one attached hydrogen (secondary N) is 1. The lowest BCUT2D eigenvalue weighted by Crippen LogP contribution is -1.88. The lowest BCUT2D eigenvalue weighted by molar-refractivity contribution is 0.478. The summed E-state index contributed by atoms with van der Waals surface area (Å²) in [6.07, 6.45) is 3.38. The summed E-state index contributed by atoms with van der Waals surface area (Å²) in [5, 5.41) is 16.4. The van der Waals surface area contributed by atoms with Crippen LogP contribution in [0.25, 0.3) is 22.8 Å². The van der Waals surface area contributed by atoms with Gasteiger partial charge in [0.15, 0.2) is 11.6 Å². The van der Waals surface area contributed by atoms with Crippen molar-refractivity contribution in [2.45, 2.75) is 0 Å². The summed E-state index contributed by atoms with van der Waals surface area (Å²) in [5.41, 5.74) is 7.55. The molecule has 0 saturated carbocycles. The highest BCUT2D eigenvalue weighted by molar-refractivity contribution is 5.67. The van der Waals surface area contributed by atoms with Gasteiger partial charge in [0.1, 0.15) is 5.75 Å². The molecule has 6 nitrogen and oxygen atoms in total. The van der Waals surface area contributed by atoms with Crippen LogP contribution in [-0.4, -0.2) is 25.3 Å². The molecule has 0 unspecified atom stereocenters. The Balaban J connectivity index is 1.99. The van der Waals surface area contributed by atoms with Crippen LogP contribution in [0.1, 0.15) is 0 Å². The molecule has 0 amide bonds. The Morgan fingerprint density at radius 3 is 2.79 bits per heavy atom.